The van der Waals surface area contributed by atoms with Gasteiger partial charge in [-0.25, -0.2) is 10.9 Å². The number of amidine groups is 2. The number of carbonyl (C=O) groups excluding carboxylic acids is 2. The minimum absolute atomic E-state index is 0.0861. The monoisotopic (exact) mass is 736 g/mol. The van der Waals surface area contributed by atoms with Crippen LogP contribution < -0.4 is 39.9 Å². The minimum Gasteiger partial charge on any atom is -0.483 e. The molecule has 2 aromatic carbocycles. The third-order valence-electron chi connectivity index (χ3n) is 10.7. The van der Waals surface area contributed by atoms with Crippen LogP contribution in [0.15, 0.2) is 45.0 Å². The van der Waals surface area contributed by atoms with E-state index < -0.39 is 0 Å². The Bertz CT molecular complexity index is 1750. The number of likely N-dealkylation sites (N-methyl/N-ethyl adjacent to an activating group) is 4. The van der Waals surface area contributed by atoms with E-state index in [0.717, 1.165) is 76.6 Å². The predicted octanol–water partition coefficient (Wildman–Crippen LogP) is 2.48. The molecule has 49 heavy (non-hydrogen) atoms. The Morgan fingerprint density at radius 1 is 0.776 bits per heavy atom. The molecule has 0 saturated carbocycles. The van der Waals surface area contributed by atoms with Crippen LogP contribution in [0.1, 0.15) is 27.7 Å². The molecule has 0 aromatic heterocycles. The number of amides is 2. The summed E-state index contributed by atoms with van der Waals surface area (Å²) in [5, 5.41) is 8.29. The Hall–Kier alpha value is -4.08. The molecule has 0 spiro atoms. The summed E-state index contributed by atoms with van der Waals surface area (Å²) in [6.45, 7) is 13.1. The van der Waals surface area contributed by atoms with Gasteiger partial charge in [0.1, 0.15) is 36.8 Å². The van der Waals surface area contributed by atoms with E-state index in [1.807, 2.05) is 35.8 Å². The average molecular weight is 738 g/mol. The van der Waals surface area contributed by atoms with Crippen molar-refractivity contribution >= 4 is 62.2 Å². The molecule has 2 atom stereocenters. The highest BCUT2D eigenvalue weighted by molar-refractivity contribution is 9.10. The van der Waals surface area contributed by atoms with E-state index >= 15 is 0 Å². The van der Waals surface area contributed by atoms with Gasteiger partial charge in [-0.1, -0.05) is 0 Å². The number of rotatable bonds is 4. The van der Waals surface area contributed by atoms with Gasteiger partial charge < -0.3 is 38.9 Å². The van der Waals surface area contributed by atoms with Gasteiger partial charge in [-0.2, -0.15) is 10.2 Å². The average Bonchev–Trinajstić information content (AvgIpc) is 3.05. The second-order valence-corrected chi connectivity index (χ2v) is 15.4. The van der Waals surface area contributed by atoms with Crippen LogP contribution in [0, 0.1) is 0 Å². The van der Waals surface area contributed by atoms with Crippen molar-refractivity contribution in [1.29, 1.82) is 0 Å². The van der Waals surface area contributed by atoms with Crippen LogP contribution in [0.5, 0.6) is 11.5 Å². The van der Waals surface area contributed by atoms with Crippen molar-refractivity contribution in [2.24, 2.45) is 10.2 Å². The number of hydrazone groups is 2. The maximum atomic E-state index is 12.1. The van der Waals surface area contributed by atoms with Crippen LogP contribution in [0.3, 0.4) is 0 Å². The second kappa shape index (κ2) is 12.1. The highest BCUT2D eigenvalue weighted by atomic mass is 79.9. The summed E-state index contributed by atoms with van der Waals surface area (Å²) in [5.41, 5.74) is 9.32. The van der Waals surface area contributed by atoms with E-state index in [2.05, 4.69) is 117 Å². The van der Waals surface area contributed by atoms with Crippen LogP contribution in [0.25, 0.3) is 0 Å². The number of hydrogen-bond donors (Lipinski definition) is 2. The summed E-state index contributed by atoms with van der Waals surface area (Å²) >= 11 is 3.69. The first kappa shape index (κ1) is 33.4. The Kier molecular flexibility index (Phi) is 8.22. The van der Waals surface area contributed by atoms with E-state index in [-0.39, 0.29) is 35.0 Å². The fourth-order valence-corrected chi connectivity index (χ4v) is 8.37. The number of benzene rings is 2. The Morgan fingerprint density at radius 2 is 1.27 bits per heavy atom. The molecule has 15 heteroatoms. The molecule has 14 nitrogen and oxygen atoms in total. The van der Waals surface area contributed by atoms with Crippen LogP contribution in [0.4, 0.5) is 22.7 Å². The number of carbonyl (C=O) groups is 2. The van der Waals surface area contributed by atoms with Crippen molar-refractivity contribution in [3.8, 4) is 11.5 Å². The summed E-state index contributed by atoms with van der Waals surface area (Å²) in [6, 6.07) is 9.63. The molecule has 6 aliphatic rings. The SMILES string of the molecule is C[C@@H]1C(=O)NN=C2COc3cc(Br)c(N(C)C4(C)CN(C)C4)cc3N21.C[C@@H]1C(=O)NN=C2COc3ccc(N(C)C4(C)CN(C)C4)cc3N21. The van der Waals surface area contributed by atoms with E-state index in [1.165, 1.54) is 0 Å². The fourth-order valence-electron chi connectivity index (χ4n) is 7.78. The van der Waals surface area contributed by atoms with Crippen LogP contribution >= 0.6 is 15.9 Å². The zero-order valence-electron chi connectivity index (χ0n) is 29.4. The van der Waals surface area contributed by atoms with Crippen LogP contribution in [-0.4, -0.2) is 124 Å². The number of nitrogens with zero attached hydrogens (tertiary/aromatic N) is 8. The third-order valence-corrected chi connectivity index (χ3v) is 11.3. The summed E-state index contributed by atoms with van der Waals surface area (Å²) in [5.74, 6) is 2.82. The lowest BCUT2D eigenvalue weighted by Crippen LogP contribution is -2.66. The first-order valence-corrected chi connectivity index (χ1v) is 17.4. The molecule has 2 N–H and O–H groups in total. The van der Waals surface area contributed by atoms with Crippen molar-refractivity contribution in [2.45, 2.75) is 50.9 Å². The lowest BCUT2D eigenvalue weighted by molar-refractivity contribution is -0.123. The van der Waals surface area contributed by atoms with Gasteiger partial charge >= 0.3 is 0 Å². The van der Waals surface area contributed by atoms with Gasteiger partial charge in [0.2, 0.25) is 0 Å². The van der Waals surface area contributed by atoms with Gasteiger partial charge in [-0.15, -0.1) is 0 Å². The normalized spacial score (nSPS) is 24.6. The first-order valence-electron chi connectivity index (χ1n) is 16.6. The van der Waals surface area contributed by atoms with Gasteiger partial charge in [0.15, 0.2) is 11.7 Å². The molecule has 2 saturated heterocycles. The van der Waals surface area contributed by atoms with Crippen molar-refractivity contribution in [3.63, 3.8) is 0 Å². The van der Waals surface area contributed by atoms with Crippen molar-refractivity contribution in [3.05, 3.63) is 34.8 Å². The van der Waals surface area contributed by atoms with E-state index in [0.29, 0.717) is 13.2 Å². The second-order valence-electron chi connectivity index (χ2n) is 14.6. The highest BCUT2D eigenvalue weighted by Crippen LogP contribution is 2.44. The zero-order chi connectivity index (χ0) is 35.0. The third kappa shape index (κ3) is 5.65. The standard InChI is InChI=1S/C17H22BrN5O2.C17H23N5O2/c1-10-16(24)20-19-15-7-25-14-5-11(18)12(6-13(14)23(10)15)22(4)17(2)8-21(3)9-17;1-11-16(23)19-18-15-8-24-14-6-5-12(7-13(14)22(11)15)21(4)17(2)9-20(3)10-17/h5-6,10H,7-9H2,1-4H3,(H,20,24);5-7,11H,8-10H2,1-4H3,(H,19,23)/t10-;11-/m11/s1. The van der Waals surface area contributed by atoms with Gasteiger partial charge in [0.05, 0.1) is 28.1 Å². The summed E-state index contributed by atoms with van der Waals surface area (Å²) in [4.78, 5) is 37.2. The Balaban J connectivity index is 0.000000154. The Labute approximate surface area is 295 Å². The van der Waals surface area contributed by atoms with Gasteiger partial charge in [0, 0.05) is 50.4 Å². The van der Waals surface area contributed by atoms with Crippen molar-refractivity contribution in [2.75, 3.05) is 87.2 Å². The minimum atomic E-state index is -0.320. The zero-order valence-corrected chi connectivity index (χ0v) is 31.0. The van der Waals surface area contributed by atoms with Crippen molar-refractivity contribution in [1.82, 2.24) is 20.7 Å². The summed E-state index contributed by atoms with van der Waals surface area (Å²) < 4.78 is 12.6. The van der Waals surface area contributed by atoms with Crippen molar-refractivity contribution < 1.29 is 19.1 Å². The number of anilines is 4. The predicted molar refractivity (Wildman–Crippen MR) is 195 cm³/mol. The molecule has 0 bridgehead atoms. The maximum absolute atomic E-state index is 12.1. The molecule has 0 aliphatic carbocycles. The van der Waals surface area contributed by atoms with Gasteiger partial charge in [-0.3, -0.25) is 9.59 Å². The first-order chi connectivity index (χ1) is 23.2. The smallest absolute Gasteiger partial charge is 0.262 e. The highest BCUT2D eigenvalue weighted by Gasteiger charge is 2.43. The summed E-state index contributed by atoms with van der Waals surface area (Å²) in [6.07, 6.45) is 0. The number of likely N-dealkylation sites (tertiary alicyclic amines) is 2. The number of halogens is 1. The molecule has 262 valence electrons. The molecule has 6 aliphatic heterocycles. The van der Waals surface area contributed by atoms with E-state index in [1.54, 1.807) is 0 Å². The van der Waals surface area contributed by atoms with Gasteiger partial charge in [-0.05, 0) is 88.1 Å². The summed E-state index contributed by atoms with van der Waals surface area (Å²) in [7, 11) is 8.50. The number of nitrogens with one attached hydrogen (secondary N) is 2. The molecule has 0 unspecified atom stereocenters. The fraction of sp³-hybridized carbons (Fsp3) is 0.529. The maximum Gasteiger partial charge on any atom is 0.262 e. The molecule has 0 radical (unpaired) electrons. The molecular weight excluding hydrogens is 692 g/mol. The topological polar surface area (TPSA) is 121 Å². The van der Waals surface area contributed by atoms with Gasteiger partial charge in [0.25, 0.3) is 11.8 Å². The molecular formula is C34H45BrN10O4. The molecule has 2 amide bonds. The van der Waals surface area contributed by atoms with Crippen LogP contribution in [0.2, 0.25) is 0 Å². The van der Waals surface area contributed by atoms with E-state index in [9.17, 15) is 9.59 Å². The lowest BCUT2D eigenvalue weighted by atomic mass is 9.90. The van der Waals surface area contributed by atoms with E-state index in [4.69, 9.17) is 9.47 Å². The molecule has 2 aromatic rings. The molecule has 8 rings (SSSR count). The number of ether oxygens (including phenoxy) is 2. The molecule has 2 fully saturated rings. The quantitative estimate of drug-likeness (QED) is 0.485. The lowest BCUT2D eigenvalue weighted by Gasteiger charge is -2.53. The Morgan fingerprint density at radius 3 is 1.80 bits per heavy atom. The van der Waals surface area contributed by atoms with Crippen LogP contribution in [-0.2, 0) is 9.59 Å². The number of fused-ring (bicyclic) bond motifs is 6. The molecule has 6 heterocycles. The largest absolute Gasteiger partial charge is 0.483 e. The number of hydrogen-bond acceptors (Lipinski definition) is 12.